The Kier molecular flexibility index (Phi) is 6.81. The number of phenols is 4. The number of hydrogen-bond donors (Lipinski definition) is 7. The van der Waals surface area contributed by atoms with E-state index in [-0.39, 0.29) is 29.5 Å². The first-order valence-corrected chi connectivity index (χ1v) is 11.4. The highest BCUT2D eigenvalue weighted by atomic mass is 35.5. The van der Waals surface area contributed by atoms with Crippen LogP contribution < -0.4 is 5.32 Å². The van der Waals surface area contributed by atoms with Gasteiger partial charge < -0.3 is 30.6 Å². The van der Waals surface area contributed by atoms with Gasteiger partial charge in [-0.2, -0.15) is 0 Å². The molecule has 0 amide bonds. The van der Waals surface area contributed by atoms with Crippen molar-refractivity contribution in [3.63, 3.8) is 0 Å². The zero-order chi connectivity index (χ0) is 24.9. The number of hydrogen-bond acceptors (Lipinski definition) is 8. The molecule has 9 heteroatoms. The van der Waals surface area contributed by atoms with Gasteiger partial charge in [-0.3, -0.25) is 10.2 Å². The van der Waals surface area contributed by atoms with E-state index < -0.39 is 34.6 Å². The maximum absolute atomic E-state index is 10.7. The van der Waals surface area contributed by atoms with Crippen LogP contribution in [0.3, 0.4) is 0 Å². The molecule has 2 atom stereocenters. The first-order chi connectivity index (χ1) is 15.3. The Balaban J connectivity index is 0.00000149. The van der Waals surface area contributed by atoms with Crippen LogP contribution in [0.1, 0.15) is 68.3 Å². The summed E-state index contributed by atoms with van der Waals surface area (Å²) in [4.78, 5) is 1.94. The Bertz CT molecular complexity index is 1010. The normalized spacial score (nSPS) is 23.5. The molecule has 1 aliphatic carbocycles. The van der Waals surface area contributed by atoms with Crippen molar-refractivity contribution in [3.8, 4) is 23.0 Å². The molecule has 0 aromatic heterocycles. The summed E-state index contributed by atoms with van der Waals surface area (Å²) < 4.78 is 0. The second kappa shape index (κ2) is 8.85. The molecule has 0 unspecified atom stereocenters. The number of phenolic OH excluding ortho intramolecular Hbond substituents is 4. The molecule has 1 heterocycles. The van der Waals surface area contributed by atoms with E-state index in [1.165, 1.54) is 6.92 Å². The van der Waals surface area contributed by atoms with Crippen LogP contribution in [-0.4, -0.2) is 60.1 Å². The van der Waals surface area contributed by atoms with Crippen LogP contribution in [0.4, 0.5) is 0 Å². The van der Waals surface area contributed by atoms with Crippen molar-refractivity contribution in [1.82, 2.24) is 10.2 Å². The first kappa shape index (κ1) is 25.4. The number of halogens is 1. The third kappa shape index (κ3) is 4.58. The van der Waals surface area contributed by atoms with E-state index in [4.69, 9.17) is 11.6 Å². The van der Waals surface area contributed by atoms with Crippen LogP contribution in [0, 0.1) is 6.92 Å². The number of rotatable bonds is 2. The molecule has 1 fully saturated rings. The van der Waals surface area contributed by atoms with Gasteiger partial charge in [0.05, 0.1) is 6.54 Å². The van der Waals surface area contributed by atoms with Gasteiger partial charge in [0.2, 0.25) is 11.7 Å². The van der Waals surface area contributed by atoms with Crippen LogP contribution in [0.2, 0.25) is 5.02 Å². The second-order valence-electron chi connectivity index (χ2n) is 9.24. The number of aromatic hydroxyl groups is 4. The van der Waals surface area contributed by atoms with E-state index in [1.54, 1.807) is 18.2 Å². The smallest absolute Gasteiger partial charge is 0.236 e. The van der Waals surface area contributed by atoms with Crippen molar-refractivity contribution in [2.75, 3.05) is 13.1 Å². The van der Waals surface area contributed by atoms with Gasteiger partial charge in [-0.15, -0.1) is 0 Å². The molecule has 182 valence electrons. The van der Waals surface area contributed by atoms with Gasteiger partial charge in [0.15, 0.2) is 11.5 Å². The SMILES string of the molecule is CC.Cc1c(O)c(O)c(O)c([C@@H]2C[C@@H](N3CC(C)(C)NC(O)(O)C3)c3cc(Cl)ccc32)c1O. The fraction of sp³-hybridized carbons (Fsp3) is 0.500. The predicted octanol–water partition coefficient (Wildman–Crippen LogP) is 3.40. The summed E-state index contributed by atoms with van der Waals surface area (Å²) in [6.45, 7) is 9.64. The van der Waals surface area contributed by atoms with Gasteiger partial charge in [-0.25, -0.2) is 0 Å². The maximum Gasteiger partial charge on any atom is 0.236 e. The molecule has 0 saturated carbocycles. The molecule has 1 aliphatic heterocycles. The lowest BCUT2D eigenvalue weighted by Crippen LogP contribution is -2.69. The lowest BCUT2D eigenvalue weighted by Gasteiger charge is -2.48. The number of fused-ring (bicyclic) bond motifs is 1. The van der Waals surface area contributed by atoms with E-state index in [9.17, 15) is 30.6 Å². The highest BCUT2D eigenvalue weighted by Gasteiger charge is 2.46. The third-order valence-corrected chi connectivity index (χ3v) is 6.50. The minimum Gasteiger partial charge on any atom is -0.507 e. The molecular weight excluding hydrogens is 448 g/mol. The molecule has 0 bridgehead atoms. The predicted molar refractivity (Wildman–Crippen MR) is 126 cm³/mol. The lowest BCUT2D eigenvalue weighted by atomic mass is 9.89. The van der Waals surface area contributed by atoms with Crippen molar-refractivity contribution < 1.29 is 30.6 Å². The zero-order valence-electron chi connectivity index (χ0n) is 19.5. The van der Waals surface area contributed by atoms with Crippen LogP contribution in [0.15, 0.2) is 18.2 Å². The molecule has 7 N–H and O–H groups in total. The van der Waals surface area contributed by atoms with Gasteiger partial charge in [0.25, 0.3) is 0 Å². The highest BCUT2D eigenvalue weighted by Crippen LogP contribution is 2.56. The van der Waals surface area contributed by atoms with Gasteiger partial charge in [-0.1, -0.05) is 31.5 Å². The average Bonchev–Trinajstić information content (AvgIpc) is 3.08. The van der Waals surface area contributed by atoms with Gasteiger partial charge in [0, 0.05) is 40.2 Å². The van der Waals surface area contributed by atoms with Crippen LogP contribution in [-0.2, 0) is 0 Å². The van der Waals surface area contributed by atoms with Gasteiger partial charge in [0.1, 0.15) is 5.75 Å². The second-order valence-corrected chi connectivity index (χ2v) is 9.68. The Morgan fingerprint density at radius 2 is 1.58 bits per heavy atom. The summed E-state index contributed by atoms with van der Waals surface area (Å²) in [5.74, 6) is -4.72. The molecule has 4 rings (SSSR count). The van der Waals surface area contributed by atoms with Gasteiger partial charge in [-0.05, 0) is 50.5 Å². The third-order valence-electron chi connectivity index (χ3n) is 6.26. The van der Waals surface area contributed by atoms with Crippen molar-refractivity contribution >= 4 is 11.6 Å². The summed E-state index contributed by atoms with van der Waals surface area (Å²) >= 11 is 6.27. The maximum atomic E-state index is 10.7. The summed E-state index contributed by atoms with van der Waals surface area (Å²) in [6, 6.07) is 5.03. The zero-order valence-corrected chi connectivity index (χ0v) is 20.3. The summed E-state index contributed by atoms with van der Waals surface area (Å²) in [5, 5.41) is 65.5. The molecule has 2 aliphatic rings. The van der Waals surface area contributed by atoms with Gasteiger partial charge >= 0.3 is 0 Å². The largest absolute Gasteiger partial charge is 0.507 e. The quantitative estimate of drug-likeness (QED) is 0.197. The standard InChI is InChI=1S/C22H27ClN2O6.C2H6/c1-10-17(26)16(19(28)20(29)18(10)27)14-7-15(13-6-11(23)4-5-12(13)14)25-8-21(2,3)24-22(30,31)9-25;1-2/h4-6,14-15,24,26-31H,7-9H2,1-3H3;1-2H3/t14-,15-;/m1./s1. The van der Waals surface area contributed by atoms with Crippen LogP contribution in [0.25, 0.3) is 0 Å². The molecule has 2 aromatic carbocycles. The minimum atomic E-state index is -2.09. The topological polar surface area (TPSA) is 137 Å². The molecule has 2 aromatic rings. The molecule has 33 heavy (non-hydrogen) atoms. The average molecular weight is 481 g/mol. The Labute approximate surface area is 198 Å². The van der Waals surface area contributed by atoms with Crippen molar-refractivity contribution in [2.45, 2.75) is 64.4 Å². The van der Waals surface area contributed by atoms with E-state index >= 15 is 0 Å². The number of nitrogens with one attached hydrogen (secondary N) is 1. The van der Waals surface area contributed by atoms with Crippen molar-refractivity contribution in [2.24, 2.45) is 0 Å². The van der Waals surface area contributed by atoms with Crippen molar-refractivity contribution in [1.29, 1.82) is 0 Å². The number of aliphatic hydroxyl groups is 2. The Morgan fingerprint density at radius 1 is 0.939 bits per heavy atom. The van der Waals surface area contributed by atoms with E-state index in [1.807, 2.05) is 32.6 Å². The minimum absolute atomic E-state index is 0.0579. The summed E-state index contributed by atoms with van der Waals surface area (Å²) in [7, 11) is 0. The number of β-amino-alcohol motifs (C(OH)–C–C–N with tert-alkyl or cyclic N) is 2. The number of piperazine rings is 1. The fourth-order valence-corrected chi connectivity index (χ4v) is 5.29. The summed E-state index contributed by atoms with van der Waals surface area (Å²) in [5.41, 5.74) is 1.23. The molecule has 0 radical (unpaired) electrons. The Hall–Kier alpha value is -2.23. The van der Waals surface area contributed by atoms with E-state index in [0.717, 1.165) is 11.1 Å². The number of benzene rings is 2. The molecule has 1 saturated heterocycles. The fourth-order valence-electron chi connectivity index (χ4n) is 5.11. The molecule has 0 spiro atoms. The first-order valence-electron chi connectivity index (χ1n) is 11.0. The van der Waals surface area contributed by atoms with E-state index in [2.05, 4.69) is 5.32 Å². The molecule has 8 nitrogen and oxygen atoms in total. The summed E-state index contributed by atoms with van der Waals surface area (Å²) in [6.07, 6.45) is 0.395. The number of nitrogens with zero attached hydrogens (tertiary/aromatic N) is 1. The Morgan fingerprint density at radius 3 is 2.18 bits per heavy atom. The van der Waals surface area contributed by atoms with E-state index in [0.29, 0.717) is 18.0 Å². The highest BCUT2D eigenvalue weighted by molar-refractivity contribution is 6.30. The monoisotopic (exact) mass is 480 g/mol. The van der Waals surface area contributed by atoms with Crippen LogP contribution >= 0.6 is 11.6 Å². The molecular formula is C24H33ClN2O6. The lowest BCUT2D eigenvalue weighted by molar-refractivity contribution is -0.234. The van der Waals surface area contributed by atoms with Crippen molar-refractivity contribution in [3.05, 3.63) is 45.5 Å². The van der Waals surface area contributed by atoms with Crippen LogP contribution in [0.5, 0.6) is 23.0 Å².